The van der Waals surface area contributed by atoms with Crippen LogP contribution in [0, 0.1) is 5.82 Å². The molecule has 0 spiro atoms. The molecular formula is C19H17Cl2FN4O3S. The Morgan fingerprint density at radius 2 is 1.93 bits per heavy atom. The number of rotatable bonds is 7. The van der Waals surface area contributed by atoms with Crippen LogP contribution in [0.15, 0.2) is 42.6 Å². The lowest BCUT2D eigenvalue weighted by Crippen LogP contribution is -2.11. The molecule has 0 unspecified atom stereocenters. The highest BCUT2D eigenvalue weighted by molar-refractivity contribution is 7.92. The van der Waals surface area contributed by atoms with Crippen molar-refractivity contribution in [2.75, 3.05) is 23.3 Å². The lowest BCUT2D eigenvalue weighted by Gasteiger charge is -2.13. The maximum Gasteiger partial charge on any atom is 0.257 e. The van der Waals surface area contributed by atoms with E-state index in [1.165, 1.54) is 18.3 Å². The molecule has 0 aliphatic heterocycles. The van der Waals surface area contributed by atoms with Crippen molar-refractivity contribution in [2.45, 2.75) is 6.42 Å². The van der Waals surface area contributed by atoms with E-state index in [9.17, 15) is 12.8 Å². The summed E-state index contributed by atoms with van der Waals surface area (Å²) in [5, 5.41) is 0.248. The molecule has 2 aromatic carbocycles. The second-order valence-corrected chi connectivity index (χ2v) is 8.82. The quantitative estimate of drug-likeness (QED) is 0.501. The topological polar surface area (TPSA) is 107 Å². The molecule has 1 aromatic heterocycles. The molecule has 7 nitrogen and oxygen atoms in total. The van der Waals surface area contributed by atoms with Crippen molar-refractivity contribution in [3.05, 3.63) is 64.0 Å². The first-order chi connectivity index (χ1) is 14.2. The van der Waals surface area contributed by atoms with Crippen LogP contribution >= 0.6 is 23.2 Å². The molecule has 158 valence electrons. The third-order valence-corrected chi connectivity index (χ3v) is 5.35. The smallest absolute Gasteiger partial charge is 0.257 e. The normalized spacial score (nSPS) is 11.3. The number of para-hydroxylation sites is 1. The van der Waals surface area contributed by atoms with Gasteiger partial charge in [-0.3, -0.25) is 4.72 Å². The fourth-order valence-corrected chi connectivity index (χ4v) is 3.80. The van der Waals surface area contributed by atoms with Crippen LogP contribution in [0.2, 0.25) is 10.0 Å². The number of nitrogens with two attached hydrogens (primary N) is 1. The molecule has 3 rings (SSSR count). The molecule has 0 bridgehead atoms. The summed E-state index contributed by atoms with van der Waals surface area (Å²) < 4.78 is 44.9. The van der Waals surface area contributed by atoms with Crippen molar-refractivity contribution < 1.29 is 17.5 Å². The molecule has 0 saturated heterocycles. The van der Waals surface area contributed by atoms with E-state index in [0.717, 1.165) is 6.26 Å². The Morgan fingerprint density at radius 1 is 1.20 bits per heavy atom. The van der Waals surface area contributed by atoms with Gasteiger partial charge in [-0.2, -0.15) is 0 Å². The Kier molecular flexibility index (Phi) is 6.64. The second kappa shape index (κ2) is 9.03. The number of nitrogens with zero attached hydrogens (tertiary/aromatic N) is 2. The van der Waals surface area contributed by atoms with E-state index in [4.69, 9.17) is 33.7 Å². The van der Waals surface area contributed by atoms with Gasteiger partial charge in [-0.05, 0) is 23.8 Å². The molecule has 0 radical (unpaired) electrons. The summed E-state index contributed by atoms with van der Waals surface area (Å²) in [4.78, 5) is 8.41. The summed E-state index contributed by atoms with van der Waals surface area (Å²) in [5.41, 5.74) is 7.44. The molecule has 30 heavy (non-hydrogen) atoms. The van der Waals surface area contributed by atoms with Crippen LogP contribution in [0.4, 0.5) is 15.9 Å². The number of sulfonamides is 1. The monoisotopic (exact) mass is 470 g/mol. The fraction of sp³-hybridized carbons (Fsp3) is 0.158. The van der Waals surface area contributed by atoms with Crippen LogP contribution in [-0.4, -0.2) is 31.2 Å². The van der Waals surface area contributed by atoms with E-state index >= 15 is 0 Å². The third kappa shape index (κ3) is 5.29. The summed E-state index contributed by atoms with van der Waals surface area (Å²) in [6, 6.07) is 9.30. The van der Waals surface area contributed by atoms with Crippen LogP contribution < -0.4 is 15.2 Å². The molecule has 0 aliphatic rings. The Morgan fingerprint density at radius 3 is 2.67 bits per heavy atom. The number of nitrogen functional groups attached to an aromatic ring is 1. The minimum atomic E-state index is -3.49. The third-order valence-electron chi connectivity index (χ3n) is 4.00. The van der Waals surface area contributed by atoms with E-state index in [-0.39, 0.29) is 29.7 Å². The number of anilines is 2. The van der Waals surface area contributed by atoms with E-state index in [2.05, 4.69) is 14.7 Å². The van der Waals surface area contributed by atoms with Gasteiger partial charge in [0.1, 0.15) is 5.82 Å². The van der Waals surface area contributed by atoms with Crippen LogP contribution in [0.3, 0.4) is 0 Å². The van der Waals surface area contributed by atoms with Gasteiger partial charge in [0, 0.05) is 17.0 Å². The number of ether oxygens (including phenoxy) is 1. The van der Waals surface area contributed by atoms with Crippen molar-refractivity contribution in [3.8, 4) is 17.1 Å². The van der Waals surface area contributed by atoms with Crippen LogP contribution in [0.25, 0.3) is 11.3 Å². The second-order valence-electron chi connectivity index (χ2n) is 6.29. The van der Waals surface area contributed by atoms with Gasteiger partial charge >= 0.3 is 0 Å². The maximum absolute atomic E-state index is 13.6. The molecule has 0 aliphatic carbocycles. The zero-order chi connectivity index (χ0) is 21.9. The molecule has 0 saturated carbocycles. The van der Waals surface area contributed by atoms with E-state index < -0.39 is 15.8 Å². The summed E-state index contributed by atoms with van der Waals surface area (Å²) >= 11 is 12.0. The van der Waals surface area contributed by atoms with E-state index in [1.807, 2.05) is 0 Å². The first-order valence-electron chi connectivity index (χ1n) is 8.60. The number of hydrogen-bond acceptors (Lipinski definition) is 6. The van der Waals surface area contributed by atoms with E-state index in [1.54, 1.807) is 24.3 Å². The molecule has 3 N–H and O–H groups in total. The van der Waals surface area contributed by atoms with Crippen molar-refractivity contribution >= 4 is 44.7 Å². The van der Waals surface area contributed by atoms with Gasteiger partial charge in [0.15, 0.2) is 5.82 Å². The zero-order valence-electron chi connectivity index (χ0n) is 15.7. The highest BCUT2D eigenvalue weighted by Gasteiger charge is 2.15. The fourth-order valence-electron chi connectivity index (χ4n) is 2.66. The highest BCUT2D eigenvalue weighted by Crippen LogP contribution is 2.30. The van der Waals surface area contributed by atoms with Crippen LogP contribution in [-0.2, 0) is 16.4 Å². The standard InChI is InChI=1S/C19H17Cl2FN4O3S/c1-30(27,28)26-15-5-3-2-4-12(15)16-10-24-18(23)19(25-16)29-9-8-11-13(20)6-7-14(22)17(11)21/h2-7,10,26H,8-9H2,1H3,(H2,23,24). The predicted molar refractivity (Wildman–Crippen MR) is 116 cm³/mol. The van der Waals surface area contributed by atoms with E-state index in [0.29, 0.717) is 27.5 Å². The molecule has 1 heterocycles. The molecule has 3 aromatic rings. The van der Waals surface area contributed by atoms with Crippen molar-refractivity contribution in [3.63, 3.8) is 0 Å². The number of halogens is 3. The Labute approximate surface area is 183 Å². The van der Waals surface area contributed by atoms with Gasteiger partial charge in [0.25, 0.3) is 5.88 Å². The van der Waals surface area contributed by atoms with Crippen molar-refractivity contribution in [1.82, 2.24) is 9.97 Å². The Bertz CT molecular complexity index is 1190. The molecule has 0 atom stereocenters. The summed E-state index contributed by atoms with van der Waals surface area (Å²) in [7, 11) is -3.49. The highest BCUT2D eigenvalue weighted by atomic mass is 35.5. The summed E-state index contributed by atoms with van der Waals surface area (Å²) in [5.74, 6) is -0.485. The summed E-state index contributed by atoms with van der Waals surface area (Å²) in [6.07, 6.45) is 2.67. The molecule has 0 amide bonds. The molecular weight excluding hydrogens is 454 g/mol. The number of benzene rings is 2. The van der Waals surface area contributed by atoms with Gasteiger partial charge in [-0.15, -0.1) is 0 Å². The van der Waals surface area contributed by atoms with Crippen LogP contribution in [0.5, 0.6) is 5.88 Å². The van der Waals surface area contributed by atoms with Gasteiger partial charge < -0.3 is 10.5 Å². The summed E-state index contributed by atoms with van der Waals surface area (Å²) in [6.45, 7) is 0.0640. The minimum Gasteiger partial charge on any atom is -0.475 e. The largest absolute Gasteiger partial charge is 0.475 e. The SMILES string of the molecule is CS(=O)(=O)Nc1ccccc1-c1cnc(N)c(OCCc2c(Cl)ccc(F)c2Cl)n1. The molecule has 0 fully saturated rings. The first-order valence-corrected chi connectivity index (χ1v) is 11.3. The van der Waals surface area contributed by atoms with Crippen molar-refractivity contribution in [1.29, 1.82) is 0 Å². The zero-order valence-corrected chi connectivity index (χ0v) is 18.0. The predicted octanol–water partition coefficient (Wildman–Crippen LogP) is 4.16. The number of aromatic nitrogens is 2. The maximum atomic E-state index is 13.6. The first kappa shape index (κ1) is 22.1. The lowest BCUT2D eigenvalue weighted by molar-refractivity contribution is 0.310. The van der Waals surface area contributed by atoms with Gasteiger partial charge in [0.05, 0.1) is 35.5 Å². The van der Waals surface area contributed by atoms with Gasteiger partial charge in [-0.25, -0.2) is 22.8 Å². The Hall–Kier alpha value is -2.62. The minimum absolute atomic E-state index is 0.0451. The number of hydrogen-bond donors (Lipinski definition) is 2. The average Bonchev–Trinajstić information content (AvgIpc) is 2.68. The average molecular weight is 471 g/mol. The Balaban J connectivity index is 1.83. The van der Waals surface area contributed by atoms with Gasteiger partial charge in [-0.1, -0.05) is 41.4 Å². The van der Waals surface area contributed by atoms with Gasteiger partial charge in [0.2, 0.25) is 10.0 Å². The molecule has 11 heteroatoms. The van der Waals surface area contributed by atoms with Crippen LogP contribution in [0.1, 0.15) is 5.56 Å². The number of nitrogens with one attached hydrogen (secondary N) is 1. The van der Waals surface area contributed by atoms with Crippen molar-refractivity contribution in [2.24, 2.45) is 0 Å². The lowest BCUT2D eigenvalue weighted by atomic mass is 10.1.